The number of nitrogens with zero attached hydrogens (tertiary/aromatic N) is 4. The maximum atomic E-state index is 12.6. The average molecular weight is 393 g/mol. The van der Waals surface area contributed by atoms with Gasteiger partial charge in [-0.3, -0.25) is 23.7 Å². The van der Waals surface area contributed by atoms with Gasteiger partial charge in [0.1, 0.15) is 0 Å². The number of pyridine rings is 1. The van der Waals surface area contributed by atoms with Crippen LogP contribution in [0.25, 0.3) is 5.65 Å². The van der Waals surface area contributed by atoms with Crippen LogP contribution in [-0.4, -0.2) is 57.5 Å². The Kier molecular flexibility index (Phi) is 5.05. The van der Waals surface area contributed by atoms with Crippen molar-refractivity contribution in [2.24, 2.45) is 0 Å². The number of hydrogen-bond donors (Lipinski definition) is 1. The van der Waals surface area contributed by atoms with Gasteiger partial charge in [0.25, 0.3) is 17.7 Å². The van der Waals surface area contributed by atoms with Crippen molar-refractivity contribution in [3.63, 3.8) is 0 Å². The molecular weight excluding hydrogens is 374 g/mol. The first kappa shape index (κ1) is 18.8. The van der Waals surface area contributed by atoms with Gasteiger partial charge >= 0.3 is 0 Å². The van der Waals surface area contributed by atoms with Crippen molar-refractivity contribution in [2.75, 3.05) is 20.3 Å². The molecular formula is C20H19N5O4. The summed E-state index contributed by atoms with van der Waals surface area (Å²) < 4.78 is 6.75. The van der Waals surface area contributed by atoms with E-state index in [4.69, 9.17) is 4.74 Å². The number of fused-ring (bicyclic) bond motifs is 2. The predicted octanol–water partition coefficient (Wildman–Crippen LogP) is 1.29. The molecule has 1 N–H and O–H groups in total. The summed E-state index contributed by atoms with van der Waals surface area (Å²) in [5, 5.41) is 10.9. The monoisotopic (exact) mass is 393 g/mol. The summed E-state index contributed by atoms with van der Waals surface area (Å²) in [6.07, 6.45) is 2.37. The van der Waals surface area contributed by atoms with Gasteiger partial charge in [0, 0.05) is 32.0 Å². The number of carbonyl (C=O) groups excluding carboxylic acids is 3. The van der Waals surface area contributed by atoms with Crippen LogP contribution >= 0.6 is 0 Å². The molecule has 9 heteroatoms. The highest BCUT2D eigenvalue weighted by Crippen LogP contribution is 2.24. The molecule has 29 heavy (non-hydrogen) atoms. The van der Waals surface area contributed by atoms with Crippen molar-refractivity contribution in [1.82, 2.24) is 24.8 Å². The summed E-state index contributed by atoms with van der Waals surface area (Å²) in [5.41, 5.74) is 1.55. The Balaban J connectivity index is 1.47. The number of hydrogen-bond acceptors (Lipinski definition) is 6. The summed E-state index contributed by atoms with van der Waals surface area (Å²) >= 11 is 0. The molecule has 0 aliphatic carbocycles. The number of imide groups is 1. The third-order valence-corrected chi connectivity index (χ3v) is 4.75. The fourth-order valence-corrected chi connectivity index (χ4v) is 3.27. The van der Waals surface area contributed by atoms with E-state index in [9.17, 15) is 14.4 Å². The zero-order valence-electron chi connectivity index (χ0n) is 15.8. The van der Waals surface area contributed by atoms with E-state index in [2.05, 4.69) is 15.5 Å². The molecule has 0 saturated heterocycles. The minimum atomic E-state index is -0.390. The molecule has 0 bridgehead atoms. The normalized spacial score (nSPS) is 13.2. The minimum absolute atomic E-state index is 0.178. The van der Waals surface area contributed by atoms with Gasteiger partial charge in [-0.25, -0.2) is 0 Å². The first-order chi connectivity index (χ1) is 14.1. The van der Waals surface area contributed by atoms with Crippen molar-refractivity contribution in [3.05, 3.63) is 65.1 Å². The molecule has 0 spiro atoms. The van der Waals surface area contributed by atoms with E-state index in [1.54, 1.807) is 17.6 Å². The maximum Gasteiger partial charge on any atom is 0.261 e. The predicted molar refractivity (Wildman–Crippen MR) is 102 cm³/mol. The Morgan fingerprint density at radius 3 is 2.76 bits per heavy atom. The van der Waals surface area contributed by atoms with E-state index in [1.807, 2.05) is 24.4 Å². The zero-order valence-corrected chi connectivity index (χ0v) is 15.8. The topological polar surface area (TPSA) is 106 Å². The molecule has 3 aromatic rings. The molecule has 2 aromatic heterocycles. The second kappa shape index (κ2) is 7.80. The summed E-state index contributed by atoms with van der Waals surface area (Å²) in [6.45, 7) is 0.914. The lowest BCUT2D eigenvalue weighted by Crippen LogP contribution is -2.31. The van der Waals surface area contributed by atoms with Gasteiger partial charge in [0.15, 0.2) is 11.5 Å². The lowest BCUT2D eigenvalue weighted by molar-refractivity contribution is 0.0638. The van der Waals surface area contributed by atoms with Gasteiger partial charge in [0.05, 0.1) is 17.7 Å². The van der Waals surface area contributed by atoms with Crippen LogP contribution in [0.5, 0.6) is 0 Å². The van der Waals surface area contributed by atoms with E-state index in [0.29, 0.717) is 35.6 Å². The van der Waals surface area contributed by atoms with Crippen molar-refractivity contribution in [1.29, 1.82) is 0 Å². The molecule has 0 fully saturated rings. The highest BCUT2D eigenvalue weighted by atomic mass is 16.5. The average Bonchev–Trinajstić information content (AvgIpc) is 3.26. The number of methoxy groups -OCH3 is 1. The highest BCUT2D eigenvalue weighted by Gasteiger charge is 2.35. The third-order valence-electron chi connectivity index (χ3n) is 4.75. The fraction of sp³-hybridized carbons (Fsp3) is 0.250. The van der Waals surface area contributed by atoms with Gasteiger partial charge in [0.2, 0.25) is 0 Å². The van der Waals surface area contributed by atoms with E-state index >= 15 is 0 Å². The molecule has 3 amide bonds. The third kappa shape index (κ3) is 3.47. The Morgan fingerprint density at radius 2 is 1.93 bits per heavy atom. The molecule has 4 rings (SSSR count). The quantitative estimate of drug-likeness (QED) is 0.479. The standard InChI is InChI=1S/C20H19N5O4/c1-29-10-4-9-25-19(27)14-7-6-13(11-15(14)20(25)28)18(26)21-12-17-23-22-16-5-2-3-8-24(16)17/h2-3,5-8,11H,4,9-10,12H2,1H3,(H,21,26). The summed E-state index contributed by atoms with van der Waals surface area (Å²) in [5.74, 6) is -0.508. The van der Waals surface area contributed by atoms with Gasteiger partial charge in [-0.2, -0.15) is 0 Å². The summed E-state index contributed by atoms with van der Waals surface area (Å²) in [6, 6.07) is 10.0. The fourth-order valence-electron chi connectivity index (χ4n) is 3.27. The van der Waals surface area contributed by atoms with Crippen LogP contribution in [0.1, 0.15) is 43.3 Å². The Labute approximate surface area is 166 Å². The largest absolute Gasteiger partial charge is 0.385 e. The molecule has 3 heterocycles. The van der Waals surface area contributed by atoms with Crippen molar-refractivity contribution >= 4 is 23.4 Å². The van der Waals surface area contributed by atoms with Crippen molar-refractivity contribution in [2.45, 2.75) is 13.0 Å². The Bertz CT molecular complexity index is 1110. The smallest absolute Gasteiger partial charge is 0.261 e. The Hall–Kier alpha value is -3.59. The maximum absolute atomic E-state index is 12.6. The number of benzene rings is 1. The van der Waals surface area contributed by atoms with Gasteiger partial charge in [-0.1, -0.05) is 6.07 Å². The molecule has 1 aliphatic heterocycles. The van der Waals surface area contributed by atoms with Gasteiger partial charge in [-0.15, -0.1) is 10.2 Å². The second-order valence-electron chi connectivity index (χ2n) is 6.60. The molecule has 1 aromatic carbocycles. The first-order valence-corrected chi connectivity index (χ1v) is 9.16. The summed E-state index contributed by atoms with van der Waals surface area (Å²) in [7, 11) is 1.57. The zero-order chi connectivity index (χ0) is 20.4. The van der Waals surface area contributed by atoms with Crippen LogP contribution in [0.3, 0.4) is 0 Å². The van der Waals surface area contributed by atoms with Crippen LogP contribution in [0.15, 0.2) is 42.6 Å². The van der Waals surface area contributed by atoms with Crippen molar-refractivity contribution < 1.29 is 19.1 Å². The van der Waals surface area contributed by atoms with E-state index in [-0.39, 0.29) is 36.4 Å². The van der Waals surface area contributed by atoms with E-state index in [0.717, 1.165) is 0 Å². The Morgan fingerprint density at radius 1 is 1.10 bits per heavy atom. The molecule has 0 unspecified atom stereocenters. The van der Waals surface area contributed by atoms with Crippen molar-refractivity contribution in [3.8, 4) is 0 Å². The molecule has 1 aliphatic rings. The number of nitrogens with one attached hydrogen (secondary N) is 1. The number of amides is 3. The molecule has 148 valence electrons. The van der Waals surface area contributed by atoms with Gasteiger partial charge in [-0.05, 0) is 36.8 Å². The van der Waals surface area contributed by atoms with Crippen LogP contribution in [0.2, 0.25) is 0 Å². The van der Waals surface area contributed by atoms with E-state index in [1.165, 1.54) is 17.0 Å². The van der Waals surface area contributed by atoms with Crippen LogP contribution < -0.4 is 5.32 Å². The number of carbonyl (C=O) groups is 3. The van der Waals surface area contributed by atoms with Crippen LogP contribution in [0, 0.1) is 0 Å². The minimum Gasteiger partial charge on any atom is -0.385 e. The van der Waals surface area contributed by atoms with Gasteiger partial charge < -0.3 is 10.1 Å². The first-order valence-electron chi connectivity index (χ1n) is 9.16. The lowest BCUT2D eigenvalue weighted by atomic mass is 10.1. The van der Waals surface area contributed by atoms with Crippen LogP contribution in [0.4, 0.5) is 0 Å². The SMILES string of the molecule is COCCCN1C(=O)c2ccc(C(=O)NCc3nnc4ccccn34)cc2C1=O. The van der Waals surface area contributed by atoms with Crippen LogP contribution in [-0.2, 0) is 11.3 Å². The highest BCUT2D eigenvalue weighted by molar-refractivity contribution is 6.22. The summed E-state index contributed by atoms with van der Waals surface area (Å²) in [4.78, 5) is 38.8. The molecule has 0 saturated carbocycles. The molecule has 0 radical (unpaired) electrons. The number of rotatable bonds is 7. The molecule has 0 atom stereocenters. The number of ether oxygens (including phenoxy) is 1. The number of aromatic nitrogens is 3. The van der Waals surface area contributed by atoms with E-state index < -0.39 is 0 Å². The lowest BCUT2D eigenvalue weighted by Gasteiger charge is -2.12. The second-order valence-corrected chi connectivity index (χ2v) is 6.60. The molecule has 9 nitrogen and oxygen atoms in total.